The third kappa shape index (κ3) is 3.98. The van der Waals surface area contributed by atoms with Crippen LogP contribution in [0.5, 0.6) is 5.88 Å². The number of benzene rings is 1. The van der Waals surface area contributed by atoms with Gasteiger partial charge < -0.3 is 10.1 Å². The number of pyridine rings is 1. The number of hydrogen-bond donors (Lipinski definition) is 1. The average molecular weight is 339 g/mol. The number of hydrogen-bond acceptors (Lipinski definition) is 3. The van der Waals surface area contributed by atoms with E-state index in [0.717, 1.165) is 25.9 Å². The highest BCUT2D eigenvalue weighted by molar-refractivity contribution is 6.30. The van der Waals surface area contributed by atoms with Crippen LogP contribution in [0.1, 0.15) is 30.0 Å². The van der Waals surface area contributed by atoms with Gasteiger partial charge in [0.05, 0.1) is 5.69 Å². The lowest BCUT2D eigenvalue weighted by atomic mass is 9.94. The number of aromatic nitrogens is 1. The van der Waals surface area contributed by atoms with Crippen molar-refractivity contribution in [2.45, 2.75) is 25.4 Å². The van der Waals surface area contributed by atoms with Crippen LogP contribution in [0.4, 0.5) is 8.78 Å². The van der Waals surface area contributed by atoms with Crippen LogP contribution in [0.15, 0.2) is 30.3 Å². The molecule has 0 radical (unpaired) electrons. The van der Waals surface area contributed by atoms with Crippen LogP contribution in [0, 0.1) is 11.6 Å². The Labute approximate surface area is 138 Å². The molecule has 6 heteroatoms. The topological polar surface area (TPSA) is 34.1 Å². The van der Waals surface area contributed by atoms with Gasteiger partial charge in [-0.25, -0.2) is 13.8 Å². The summed E-state index contributed by atoms with van der Waals surface area (Å²) in [6.45, 7) is 1.73. The molecule has 0 bridgehead atoms. The minimum absolute atomic E-state index is 0.0211. The van der Waals surface area contributed by atoms with Crippen LogP contribution in [0.2, 0.25) is 5.02 Å². The molecule has 1 aliphatic rings. The minimum atomic E-state index is -0.432. The zero-order valence-corrected chi connectivity index (χ0v) is 13.2. The van der Waals surface area contributed by atoms with Gasteiger partial charge in [0.1, 0.15) is 18.2 Å². The molecule has 3 rings (SSSR count). The summed E-state index contributed by atoms with van der Waals surface area (Å²) in [5.41, 5.74) is 0.810. The van der Waals surface area contributed by atoms with E-state index in [2.05, 4.69) is 10.3 Å². The molecule has 1 aliphatic heterocycles. The van der Waals surface area contributed by atoms with Crippen molar-refractivity contribution >= 4 is 11.6 Å². The molecule has 122 valence electrons. The van der Waals surface area contributed by atoms with E-state index in [1.165, 1.54) is 18.2 Å². The van der Waals surface area contributed by atoms with Gasteiger partial charge in [0.15, 0.2) is 0 Å². The van der Waals surface area contributed by atoms with Gasteiger partial charge in [0.2, 0.25) is 5.88 Å². The normalized spacial score (nSPS) is 15.6. The molecule has 2 heterocycles. The first kappa shape index (κ1) is 16.1. The van der Waals surface area contributed by atoms with E-state index in [4.69, 9.17) is 16.3 Å². The summed E-state index contributed by atoms with van der Waals surface area (Å²) < 4.78 is 33.3. The highest BCUT2D eigenvalue weighted by Gasteiger charge is 2.21. The third-order valence-electron chi connectivity index (χ3n) is 3.96. The van der Waals surface area contributed by atoms with Crippen molar-refractivity contribution < 1.29 is 13.5 Å². The summed E-state index contributed by atoms with van der Waals surface area (Å²) in [5, 5.41) is 3.57. The summed E-state index contributed by atoms with van der Waals surface area (Å²) in [4.78, 5) is 4.28. The van der Waals surface area contributed by atoms with Gasteiger partial charge in [-0.05, 0) is 44.1 Å². The van der Waals surface area contributed by atoms with Crippen LogP contribution in [0.3, 0.4) is 0 Å². The average Bonchev–Trinajstić information content (AvgIpc) is 2.56. The summed E-state index contributed by atoms with van der Waals surface area (Å²) in [5.74, 6) is -0.360. The number of piperidine rings is 1. The Morgan fingerprint density at radius 1 is 1.13 bits per heavy atom. The molecule has 1 N–H and O–H groups in total. The second-order valence-corrected chi connectivity index (χ2v) is 6.00. The summed E-state index contributed by atoms with van der Waals surface area (Å²) >= 11 is 5.72. The summed E-state index contributed by atoms with van der Waals surface area (Å²) in [6, 6.07) is 7.22. The molecular formula is C17H17ClF2N2O. The number of nitrogens with zero attached hydrogens (tertiary/aromatic N) is 1. The Kier molecular flexibility index (Phi) is 5.08. The van der Waals surface area contributed by atoms with E-state index < -0.39 is 5.82 Å². The maximum absolute atomic E-state index is 14.0. The number of rotatable bonds is 4. The summed E-state index contributed by atoms with van der Waals surface area (Å²) in [6.07, 6.45) is 1.69. The molecule has 0 unspecified atom stereocenters. The number of ether oxygens (including phenoxy) is 1. The lowest BCUT2D eigenvalue weighted by Gasteiger charge is -2.22. The fourth-order valence-corrected chi connectivity index (χ4v) is 2.85. The Hall–Kier alpha value is -1.72. The molecule has 1 aromatic carbocycles. The number of halogens is 3. The Bertz CT molecular complexity index is 690. The van der Waals surface area contributed by atoms with Gasteiger partial charge in [0.25, 0.3) is 0 Å². The van der Waals surface area contributed by atoms with E-state index in [1.807, 2.05) is 0 Å². The molecule has 1 saturated heterocycles. The first-order chi connectivity index (χ1) is 11.1. The minimum Gasteiger partial charge on any atom is -0.473 e. The lowest BCUT2D eigenvalue weighted by Crippen LogP contribution is -2.27. The Balaban J connectivity index is 1.72. The first-order valence-corrected chi connectivity index (χ1v) is 7.95. The van der Waals surface area contributed by atoms with Gasteiger partial charge in [-0.2, -0.15) is 0 Å². The molecule has 0 spiro atoms. The van der Waals surface area contributed by atoms with Crippen molar-refractivity contribution in [2.24, 2.45) is 0 Å². The maximum atomic E-state index is 14.0. The van der Waals surface area contributed by atoms with Gasteiger partial charge in [-0.3, -0.25) is 0 Å². The van der Waals surface area contributed by atoms with E-state index in [0.29, 0.717) is 22.2 Å². The maximum Gasteiger partial charge on any atom is 0.213 e. The highest BCUT2D eigenvalue weighted by Crippen LogP contribution is 2.27. The van der Waals surface area contributed by atoms with Gasteiger partial charge in [0, 0.05) is 22.6 Å². The van der Waals surface area contributed by atoms with E-state index >= 15 is 0 Å². The van der Waals surface area contributed by atoms with Crippen LogP contribution in [0.25, 0.3) is 0 Å². The van der Waals surface area contributed by atoms with Crippen LogP contribution in [-0.4, -0.2) is 18.1 Å². The molecule has 0 saturated carbocycles. The lowest BCUT2D eigenvalue weighted by molar-refractivity contribution is 0.284. The molecular weight excluding hydrogens is 322 g/mol. The number of nitrogens with one attached hydrogen (secondary N) is 1. The largest absolute Gasteiger partial charge is 0.473 e. The standard InChI is InChI=1S/C17H17ClF2N2O/c18-13-2-1-12(15(20)9-13)10-23-16-4-3-14(19)17(22-16)11-5-7-21-8-6-11/h1-4,9,11,21H,5-8,10H2. The van der Waals surface area contributed by atoms with E-state index in [9.17, 15) is 8.78 Å². The summed E-state index contributed by atoms with van der Waals surface area (Å²) in [7, 11) is 0. The van der Waals surface area contributed by atoms with Crippen LogP contribution in [-0.2, 0) is 6.61 Å². The van der Waals surface area contributed by atoms with Gasteiger partial charge in [-0.1, -0.05) is 17.7 Å². The second kappa shape index (κ2) is 7.23. The van der Waals surface area contributed by atoms with Crippen molar-refractivity contribution in [3.05, 3.63) is 58.2 Å². The molecule has 2 aromatic rings. The molecule has 1 fully saturated rings. The molecule has 3 nitrogen and oxygen atoms in total. The molecule has 0 amide bonds. The van der Waals surface area contributed by atoms with Gasteiger partial charge >= 0.3 is 0 Å². The van der Waals surface area contributed by atoms with Gasteiger partial charge in [-0.15, -0.1) is 0 Å². The predicted molar refractivity (Wildman–Crippen MR) is 84.8 cm³/mol. The van der Waals surface area contributed by atoms with E-state index in [1.54, 1.807) is 12.1 Å². The highest BCUT2D eigenvalue weighted by atomic mass is 35.5. The van der Waals surface area contributed by atoms with Crippen molar-refractivity contribution in [3.8, 4) is 5.88 Å². The van der Waals surface area contributed by atoms with Crippen molar-refractivity contribution in [1.82, 2.24) is 10.3 Å². The molecule has 1 aromatic heterocycles. The Morgan fingerprint density at radius 3 is 2.65 bits per heavy atom. The fraction of sp³-hybridized carbons (Fsp3) is 0.353. The second-order valence-electron chi connectivity index (χ2n) is 5.57. The van der Waals surface area contributed by atoms with Crippen LogP contribution < -0.4 is 10.1 Å². The Morgan fingerprint density at radius 2 is 1.91 bits per heavy atom. The third-order valence-corrected chi connectivity index (χ3v) is 4.20. The van der Waals surface area contributed by atoms with Crippen molar-refractivity contribution in [2.75, 3.05) is 13.1 Å². The predicted octanol–water partition coefficient (Wildman–Crippen LogP) is 4.06. The van der Waals surface area contributed by atoms with Crippen molar-refractivity contribution in [1.29, 1.82) is 0 Å². The SMILES string of the molecule is Fc1cc(Cl)ccc1COc1ccc(F)c(C2CCNCC2)n1. The molecule has 0 atom stereocenters. The van der Waals surface area contributed by atoms with E-state index in [-0.39, 0.29) is 18.3 Å². The monoisotopic (exact) mass is 338 g/mol. The quantitative estimate of drug-likeness (QED) is 0.913. The first-order valence-electron chi connectivity index (χ1n) is 7.57. The zero-order valence-electron chi connectivity index (χ0n) is 12.5. The van der Waals surface area contributed by atoms with Crippen LogP contribution >= 0.6 is 11.6 Å². The zero-order chi connectivity index (χ0) is 16.2. The fourth-order valence-electron chi connectivity index (χ4n) is 2.69. The molecule has 0 aliphatic carbocycles. The smallest absolute Gasteiger partial charge is 0.213 e. The molecule has 23 heavy (non-hydrogen) atoms. The van der Waals surface area contributed by atoms with Crippen molar-refractivity contribution in [3.63, 3.8) is 0 Å².